The molecule has 2 N–H and O–H groups in total. The van der Waals surface area contributed by atoms with Crippen molar-refractivity contribution in [2.24, 2.45) is 0 Å². The first-order valence-corrected chi connectivity index (χ1v) is 11.3. The van der Waals surface area contributed by atoms with E-state index in [1.165, 1.54) is 11.3 Å². The summed E-state index contributed by atoms with van der Waals surface area (Å²) in [5.41, 5.74) is 3.73. The van der Waals surface area contributed by atoms with Crippen LogP contribution in [-0.2, 0) is 26.0 Å². The standard InChI is InChI=1S/C19H24N2O5S2/c1-12-9-13(2)18(14(3)10-12)21-17(22)11-26-19(23)16-6-5-15(27-16)7-8-20-28(4,24)25/h5-6,9-10,20H,7-8,11H2,1-4H3,(H,21,22). The summed E-state index contributed by atoms with van der Waals surface area (Å²) in [4.78, 5) is 25.5. The van der Waals surface area contributed by atoms with E-state index in [-0.39, 0.29) is 13.2 Å². The van der Waals surface area contributed by atoms with Gasteiger partial charge in [-0.25, -0.2) is 17.9 Å². The summed E-state index contributed by atoms with van der Waals surface area (Å²) in [5.74, 6) is -0.989. The van der Waals surface area contributed by atoms with Gasteiger partial charge in [0, 0.05) is 17.1 Å². The van der Waals surface area contributed by atoms with Gasteiger partial charge in [0.05, 0.1) is 6.26 Å². The normalized spacial score (nSPS) is 11.3. The van der Waals surface area contributed by atoms with Crippen LogP contribution in [0.4, 0.5) is 5.69 Å². The molecule has 1 aromatic carbocycles. The molecule has 7 nitrogen and oxygen atoms in total. The summed E-state index contributed by atoms with van der Waals surface area (Å²) in [6, 6.07) is 7.29. The van der Waals surface area contributed by atoms with Crippen molar-refractivity contribution in [3.8, 4) is 0 Å². The number of sulfonamides is 1. The molecule has 2 aromatic rings. The van der Waals surface area contributed by atoms with Crippen molar-refractivity contribution >= 4 is 38.9 Å². The minimum atomic E-state index is -3.24. The highest BCUT2D eigenvalue weighted by Crippen LogP contribution is 2.22. The quantitative estimate of drug-likeness (QED) is 0.634. The molecule has 1 heterocycles. The molecular weight excluding hydrogens is 400 g/mol. The van der Waals surface area contributed by atoms with Gasteiger partial charge in [-0.15, -0.1) is 11.3 Å². The number of ether oxygens (including phenoxy) is 1. The Morgan fingerprint density at radius 2 is 1.75 bits per heavy atom. The molecule has 0 bridgehead atoms. The van der Waals surface area contributed by atoms with Gasteiger partial charge >= 0.3 is 5.97 Å². The second kappa shape index (κ2) is 9.31. The first kappa shape index (κ1) is 22.1. The van der Waals surface area contributed by atoms with Crippen LogP contribution in [0.5, 0.6) is 0 Å². The lowest BCUT2D eigenvalue weighted by Gasteiger charge is -2.12. The molecule has 1 aromatic heterocycles. The fourth-order valence-corrected chi connectivity index (χ4v) is 4.11. The molecule has 0 saturated heterocycles. The van der Waals surface area contributed by atoms with E-state index in [0.717, 1.165) is 33.5 Å². The van der Waals surface area contributed by atoms with Crippen LogP contribution >= 0.6 is 11.3 Å². The summed E-state index contributed by atoms with van der Waals surface area (Å²) in [6.07, 6.45) is 1.56. The van der Waals surface area contributed by atoms with Crippen LogP contribution in [0.2, 0.25) is 0 Å². The third-order valence-corrected chi connectivity index (χ3v) is 5.73. The van der Waals surface area contributed by atoms with Gasteiger partial charge in [0.15, 0.2) is 6.61 Å². The van der Waals surface area contributed by atoms with E-state index in [4.69, 9.17) is 4.74 Å². The molecule has 0 atom stereocenters. The van der Waals surface area contributed by atoms with E-state index in [1.807, 2.05) is 32.9 Å². The number of hydrogen-bond donors (Lipinski definition) is 2. The number of esters is 1. The van der Waals surface area contributed by atoms with Crippen LogP contribution in [0.3, 0.4) is 0 Å². The maximum absolute atomic E-state index is 12.1. The van der Waals surface area contributed by atoms with Gasteiger partial charge in [0.1, 0.15) is 4.88 Å². The molecule has 28 heavy (non-hydrogen) atoms. The lowest BCUT2D eigenvalue weighted by molar-refractivity contribution is -0.119. The Labute approximate surface area is 169 Å². The first-order chi connectivity index (χ1) is 13.0. The maximum atomic E-state index is 12.1. The zero-order chi connectivity index (χ0) is 20.9. The predicted octanol–water partition coefficient (Wildman–Crippen LogP) is 2.56. The predicted molar refractivity (Wildman–Crippen MR) is 110 cm³/mol. The van der Waals surface area contributed by atoms with E-state index < -0.39 is 21.9 Å². The zero-order valence-corrected chi connectivity index (χ0v) is 17.9. The van der Waals surface area contributed by atoms with Gasteiger partial charge in [-0.05, 0) is 50.5 Å². The Kier molecular flexibility index (Phi) is 7.34. The van der Waals surface area contributed by atoms with E-state index >= 15 is 0 Å². The van der Waals surface area contributed by atoms with E-state index in [2.05, 4.69) is 10.0 Å². The number of benzene rings is 1. The van der Waals surface area contributed by atoms with Crippen molar-refractivity contribution < 1.29 is 22.7 Å². The van der Waals surface area contributed by atoms with Crippen LogP contribution in [0, 0.1) is 20.8 Å². The van der Waals surface area contributed by atoms with E-state index in [9.17, 15) is 18.0 Å². The fourth-order valence-electron chi connectivity index (χ4n) is 2.74. The van der Waals surface area contributed by atoms with E-state index in [1.54, 1.807) is 12.1 Å². The van der Waals surface area contributed by atoms with Crippen LogP contribution in [0.25, 0.3) is 0 Å². The third-order valence-electron chi connectivity index (χ3n) is 3.87. The molecule has 0 radical (unpaired) electrons. The summed E-state index contributed by atoms with van der Waals surface area (Å²) < 4.78 is 29.6. The lowest BCUT2D eigenvalue weighted by Crippen LogP contribution is -2.24. The van der Waals surface area contributed by atoms with Gasteiger partial charge in [0.25, 0.3) is 5.91 Å². The molecular formula is C19H24N2O5S2. The third kappa shape index (κ3) is 6.74. The number of aryl methyl sites for hydroxylation is 3. The van der Waals surface area contributed by atoms with Crippen molar-refractivity contribution in [2.75, 3.05) is 24.7 Å². The number of carbonyl (C=O) groups is 2. The molecule has 9 heteroatoms. The van der Waals surface area contributed by atoms with Gasteiger partial charge in [-0.3, -0.25) is 4.79 Å². The number of thiophene rings is 1. The Balaban J connectivity index is 1.86. The summed E-state index contributed by atoms with van der Waals surface area (Å²) in [7, 11) is -3.24. The van der Waals surface area contributed by atoms with Crippen LogP contribution in [0.1, 0.15) is 31.2 Å². The number of nitrogens with one attached hydrogen (secondary N) is 2. The summed E-state index contributed by atoms with van der Waals surface area (Å²) in [6.45, 7) is 5.68. The highest BCUT2D eigenvalue weighted by Gasteiger charge is 2.14. The molecule has 152 valence electrons. The van der Waals surface area contributed by atoms with Crippen LogP contribution < -0.4 is 10.0 Å². The van der Waals surface area contributed by atoms with Crippen molar-refractivity contribution in [3.63, 3.8) is 0 Å². The smallest absolute Gasteiger partial charge is 0.348 e. The van der Waals surface area contributed by atoms with Crippen molar-refractivity contribution in [3.05, 3.63) is 50.7 Å². The molecule has 0 aliphatic heterocycles. The van der Waals surface area contributed by atoms with Gasteiger partial charge in [-0.2, -0.15) is 0 Å². The Morgan fingerprint density at radius 3 is 2.36 bits per heavy atom. The number of carbonyl (C=O) groups excluding carboxylic acids is 2. The lowest BCUT2D eigenvalue weighted by atomic mass is 10.1. The average molecular weight is 425 g/mol. The van der Waals surface area contributed by atoms with Gasteiger partial charge < -0.3 is 10.1 Å². The zero-order valence-electron chi connectivity index (χ0n) is 16.3. The van der Waals surface area contributed by atoms with Crippen LogP contribution in [-0.4, -0.2) is 39.7 Å². The molecule has 1 amide bonds. The topological polar surface area (TPSA) is 102 Å². The molecule has 0 unspecified atom stereocenters. The second-order valence-corrected chi connectivity index (χ2v) is 9.58. The Morgan fingerprint density at radius 1 is 1.11 bits per heavy atom. The molecule has 2 rings (SSSR count). The monoisotopic (exact) mass is 424 g/mol. The Hall–Kier alpha value is -2.23. The molecule has 0 spiro atoms. The minimum absolute atomic E-state index is 0.255. The highest BCUT2D eigenvalue weighted by atomic mass is 32.2. The number of hydrogen-bond acceptors (Lipinski definition) is 6. The van der Waals surface area contributed by atoms with Crippen LogP contribution in [0.15, 0.2) is 24.3 Å². The average Bonchev–Trinajstić information content (AvgIpc) is 3.03. The first-order valence-electron chi connectivity index (χ1n) is 8.63. The summed E-state index contributed by atoms with van der Waals surface area (Å²) >= 11 is 1.21. The van der Waals surface area contributed by atoms with Crippen molar-refractivity contribution in [1.29, 1.82) is 0 Å². The second-order valence-electron chi connectivity index (χ2n) is 6.58. The summed E-state index contributed by atoms with van der Waals surface area (Å²) in [5, 5.41) is 2.78. The highest BCUT2D eigenvalue weighted by molar-refractivity contribution is 7.88. The molecule has 0 fully saturated rings. The number of anilines is 1. The maximum Gasteiger partial charge on any atom is 0.348 e. The molecule has 0 aliphatic carbocycles. The van der Waals surface area contributed by atoms with E-state index in [0.29, 0.717) is 11.3 Å². The number of rotatable bonds is 8. The fraction of sp³-hybridized carbons (Fsp3) is 0.368. The van der Waals surface area contributed by atoms with Gasteiger partial charge in [0.2, 0.25) is 10.0 Å². The van der Waals surface area contributed by atoms with Crippen molar-refractivity contribution in [1.82, 2.24) is 4.72 Å². The number of amides is 1. The minimum Gasteiger partial charge on any atom is -0.451 e. The Bertz CT molecular complexity index is 957. The largest absolute Gasteiger partial charge is 0.451 e. The SMILES string of the molecule is Cc1cc(C)c(NC(=O)COC(=O)c2ccc(CCNS(C)(=O)=O)s2)c(C)c1. The molecule has 0 saturated carbocycles. The molecule has 0 aliphatic rings. The van der Waals surface area contributed by atoms with Crippen molar-refractivity contribution in [2.45, 2.75) is 27.2 Å². The van der Waals surface area contributed by atoms with Gasteiger partial charge in [-0.1, -0.05) is 17.7 Å².